The molecule has 0 fully saturated rings. The molecule has 0 aliphatic carbocycles. The molecule has 5 heteroatoms. The highest BCUT2D eigenvalue weighted by Crippen LogP contribution is 2.31. The number of ketones is 1. The predicted octanol–water partition coefficient (Wildman–Crippen LogP) is 4.27. The van der Waals surface area contributed by atoms with Gasteiger partial charge in [-0.1, -0.05) is 60.7 Å². The van der Waals surface area contributed by atoms with Crippen LogP contribution < -0.4 is 0 Å². The number of hydrogen-bond acceptors (Lipinski definition) is 4. The van der Waals surface area contributed by atoms with Crippen LogP contribution in [0.25, 0.3) is 0 Å². The Kier molecular flexibility index (Phi) is 6.52. The quantitative estimate of drug-likeness (QED) is 0.353. The van der Waals surface area contributed by atoms with E-state index in [1.54, 1.807) is 60.7 Å². The number of esters is 1. The van der Waals surface area contributed by atoms with Gasteiger partial charge in [-0.05, 0) is 41.8 Å². The lowest BCUT2D eigenvalue weighted by Crippen LogP contribution is -2.38. The molecule has 3 aromatic carbocycles. The number of benzene rings is 3. The van der Waals surface area contributed by atoms with E-state index < -0.39 is 17.4 Å². The summed E-state index contributed by atoms with van der Waals surface area (Å²) in [5.74, 6) is -1.37. The summed E-state index contributed by atoms with van der Waals surface area (Å²) in [6.45, 7) is -0.0201. The van der Waals surface area contributed by atoms with Gasteiger partial charge in [0.1, 0.15) is 5.82 Å². The average molecular weight is 392 g/mol. The van der Waals surface area contributed by atoms with E-state index in [1.807, 2.05) is 0 Å². The van der Waals surface area contributed by atoms with Crippen molar-refractivity contribution in [1.29, 1.82) is 0 Å². The van der Waals surface area contributed by atoms with Gasteiger partial charge in [-0.3, -0.25) is 4.79 Å². The van der Waals surface area contributed by atoms with Gasteiger partial charge in [0.2, 0.25) is 5.60 Å². The minimum absolute atomic E-state index is 0.0201. The SMILES string of the molecule is O=C(CCCOC(=O)C(O)(c1ccccc1)c1ccccc1)c1ccc(F)cc1. The topological polar surface area (TPSA) is 63.6 Å². The highest BCUT2D eigenvalue weighted by atomic mass is 19.1. The molecular weight excluding hydrogens is 371 g/mol. The van der Waals surface area contributed by atoms with E-state index >= 15 is 0 Å². The normalized spacial score (nSPS) is 11.1. The molecule has 1 N–H and O–H groups in total. The van der Waals surface area contributed by atoms with E-state index in [0.717, 1.165) is 0 Å². The van der Waals surface area contributed by atoms with Crippen LogP contribution in [0.5, 0.6) is 0 Å². The summed E-state index contributed by atoms with van der Waals surface area (Å²) in [4.78, 5) is 24.9. The zero-order valence-electron chi connectivity index (χ0n) is 15.8. The number of ether oxygens (including phenoxy) is 1. The second-order valence-corrected chi connectivity index (χ2v) is 6.61. The van der Waals surface area contributed by atoms with Gasteiger partial charge in [-0.2, -0.15) is 0 Å². The molecule has 148 valence electrons. The van der Waals surface area contributed by atoms with E-state index in [9.17, 15) is 19.1 Å². The summed E-state index contributed by atoms with van der Waals surface area (Å²) in [5.41, 5.74) is -0.733. The number of carbonyl (C=O) groups is 2. The van der Waals surface area contributed by atoms with Gasteiger partial charge in [-0.15, -0.1) is 0 Å². The van der Waals surface area contributed by atoms with Crippen LogP contribution in [-0.2, 0) is 15.1 Å². The highest BCUT2D eigenvalue weighted by molar-refractivity contribution is 5.96. The van der Waals surface area contributed by atoms with Gasteiger partial charge in [-0.25, -0.2) is 9.18 Å². The Bertz CT molecular complexity index is 914. The molecule has 4 nitrogen and oxygen atoms in total. The van der Waals surface area contributed by atoms with Crippen LogP contribution in [0, 0.1) is 5.82 Å². The molecule has 0 radical (unpaired) electrons. The van der Waals surface area contributed by atoms with Crippen molar-refractivity contribution in [3.05, 3.63) is 107 Å². The molecule has 0 heterocycles. The average Bonchev–Trinajstić information content (AvgIpc) is 2.77. The van der Waals surface area contributed by atoms with Crippen molar-refractivity contribution in [1.82, 2.24) is 0 Å². The molecule has 29 heavy (non-hydrogen) atoms. The summed E-state index contributed by atoms with van der Waals surface area (Å²) < 4.78 is 18.3. The van der Waals surface area contributed by atoms with Crippen LogP contribution in [0.2, 0.25) is 0 Å². The Balaban J connectivity index is 1.65. The van der Waals surface area contributed by atoms with Crippen molar-refractivity contribution in [2.75, 3.05) is 6.61 Å². The molecule has 3 aromatic rings. The zero-order valence-corrected chi connectivity index (χ0v) is 15.8. The second-order valence-electron chi connectivity index (χ2n) is 6.61. The molecule has 0 unspecified atom stereocenters. The van der Waals surface area contributed by atoms with E-state index in [1.165, 1.54) is 24.3 Å². The third-order valence-corrected chi connectivity index (χ3v) is 4.63. The molecule has 0 saturated carbocycles. The Hall–Kier alpha value is -3.31. The largest absolute Gasteiger partial charge is 0.463 e. The summed E-state index contributed by atoms with van der Waals surface area (Å²) in [7, 11) is 0. The highest BCUT2D eigenvalue weighted by Gasteiger charge is 2.41. The smallest absolute Gasteiger partial charge is 0.347 e. The summed E-state index contributed by atoms with van der Waals surface area (Å²) >= 11 is 0. The monoisotopic (exact) mass is 392 g/mol. The number of Topliss-reactive ketones (excluding diaryl/α,β-unsaturated/α-hetero) is 1. The number of halogens is 1. The maximum Gasteiger partial charge on any atom is 0.347 e. The molecule has 0 aromatic heterocycles. The maximum absolute atomic E-state index is 12.9. The molecule has 0 bridgehead atoms. The maximum atomic E-state index is 12.9. The number of hydrogen-bond donors (Lipinski definition) is 1. The Labute approximate surface area is 168 Å². The first kappa shape index (κ1) is 20.4. The first-order valence-corrected chi connectivity index (χ1v) is 9.31. The van der Waals surface area contributed by atoms with Crippen LogP contribution in [0.4, 0.5) is 4.39 Å². The molecule has 0 saturated heterocycles. The van der Waals surface area contributed by atoms with Gasteiger partial charge in [0, 0.05) is 12.0 Å². The van der Waals surface area contributed by atoms with Gasteiger partial charge in [0.25, 0.3) is 0 Å². The lowest BCUT2D eigenvalue weighted by Gasteiger charge is -2.27. The standard InChI is InChI=1S/C24H21FO4/c25-21-15-13-18(14-16-21)22(26)12-7-17-29-23(27)24(28,19-8-3-1-4-9-19)20-10-5-2-6-11-20/h1-6,8-11,13-16,28H,7,12,17H2. The molecule has 0 amide bonds. The Morgan fingerprint density at radius 1 is 0.828 bits per heavy atom. The zero-order chi connectivity index (χ0) is 20.7. The fourth-order valence-electron chi connectivity index (χ4n) is 3.04. The van der Waals surface area contributed by atoms with E-state index in [0.29, 0.717) is 23.1 Å². The van der Waals surface area contributed by atoms with Gasteiger partial charge in [0.15, 0.2) is 5.78 Å². The van der Waals surface area contributed by atoms with Crippen molar-refractivity contribution < 1.29 is 23.8 Å². The van der Waals surface area contributed by atoms with Gasteiger partial charge < -0.3 is 9.84 Å². The fraction of sp³-hybridized carbons (Fsp3) is 0.167. The van der Waals surface area contributed by atoms with Gasteiger partial charge >= 0.3 is 5.97 Å². The summed E-state index contributed by atoms with van der Waals surface area (Å²) in [6, 6.07) is 22.5. The molecule has 0 aliphatic heterocycles. The van der Waals surface area contributed by atoms with Gasteiger partial charge in [0.05, 0.1) is 6.61 Å². The lowest BCUT2D eigenvalue weighted by molar-refractivity contribution is -0.162. The fourth-order valence-corrected chi connectivity index (χ4v) is 3.04. The minimum atomic E-state index is -1.94. The van der Waals surface area contributed by atoms with Crippen LogP contribution in [0.15, 0.2) is 84.9 Å². The number of carbonyl (C=O) groups excluding carboxylic acids is 2. The third kappa shape index (κ3) is 4.76. The minimum Gasteiger partial charge on any atom is -0.463 e. The van der Waals surface area contributed by atoms with E-state index in [4.69, 9.17) is 4.74 Å². The van der Waals surface area contributed by atoms with Crippen molar-refractivity contribution >= 4 is 11.8 Å². The number of rotatable bonds is 8. The first-order chi connectivity index (χ1) is 14.0. The van der Waals surface area contributed by atoms with Crippen LogP contribution >= 0.6 is 0 Å². The van der Waals surface area contributed by atoms with Crippen LogP contribution in [0.1, 0.15) is 34.3 Å². The third-order valence-electron chi connectivity index (χ3n) is 4.63. The molecule has 0 aliphatic rings. The number of aliphatic hydroxyl groups is 1. The molecular formula is C24H21FO4. The van der Waals surface area contributed by atoms with E-state index in [2.05, 4.69) is 0 Å². The van der Waals surface area contributed by atoms with Crippen LogP contribution in [-0.4, -0.2) is 23.5 Å². The second kappa shape index (κ2) is 9.26. The van der Waals surface area contributed by atoms with Crippen molar-refractivity contribution in [3.63, 3.8) is 0 Å². The Morgan fingerprint density at radius 3 is 1.86 bits per heavy atom. The molecule has 0 spiro atoms. The first-order valence-electron chi connectivity index (χ1n) is 9.31. The lowest BCUT2D eigenvalue weighted by atomic mass is 9.86. The predicted molar refractivity (Wildman–Crippen MR) is 107 cm³/mol. The Morgan fingerprint density at radius 2 is 1.34 bits per heavy atom. The van der Waals surface area contributed by atoms with Crippen molar-refractivity contribution in [2.24, 2.45) is 0 Å². The summed E-state index contributed by atoms with van der Waals surface area (Å²) in [6.07, 6.45) is 0.440. The van der Waals surface area contributed by atoms with Crippen molar-refractivity contribution in [2.45, 2.75) is 18.4 Å². The van der Waals surface area contributed by atoms with E-state index in [-0.39, 0.29) is 18.8 Å². The van der Waals surface area contributed by atoms with Crippen molar-refractivity contribution in [3.8, 4) is 0 Å². The molecule has 3 rings (SSSR count). The molecule has 0 atom stereocenters. The van der Waals surface area contributed by atoms with Crippen LogP contribution in [0.3, 0.4) is 0 Å². The summed E-state index contributed by atoms with van der Waals surface area (Å²) in [5, 5.41) is 11.3.